The first kappa shape index (κ1) is 11.5. The van der Waals surface area contributed by atoms with Crippen molar-refractivity contribution >= 4 is 23.2 Å². The minimum absolute atomic E-state index is 0.0563. The summed E-state index contributed by atoms with van der Waals surface area (Å²) in [5, 5.41) is 9.61. The number of nitrogens with two attached hydrogens (primary N) is 1. The highest BCUT2D eigenvalue weighted by molar-refractivity contribution is 7.14. The molecule has 1 aromatic heterocycles. The molecule has 82 valence electrons. The maximum atomic E-state index is 11.2. The number of carbonyl (C=O) groups is 2. The molecule has 0 aliphatic carbocycles. The van der Waals surface area contributed by atoms with E-state index in [0.717, 1.165) is 11.3 Å². The molecule has 1 amide bonds. The number of hydrogen-bond acceptors (Lipinski definition) is 5. The van der Waals surface area contributed by atoms with Crippen LogP contribution in [0.4, 0.5) is 0 Å². The van der Waals surface area contributed by atoms with Crippen molar-refractivity contribution < 1.29 is 19.4 Å². The zero-order chi connectivity index (χ0) is 11.6. The van der Waals surface area contributed by atoms with E-state index in [2.05, 4.69) is 4.74 Å². The molecule has 0 bridgehead atoms. The normalized spacial score (nSPS) is 10.0. The van der Waals surface area contributed by atoms with Crippen LogP contribution in [0.15, 0.2) is 0 Å². The van der Waals surface area contributed by atoms with E-state index in [1.807, 2.05) is 0 Å². The fraction of sp³-hybridized carbons (Fsp3) is 0.333. The lowest BCUT2D eigenvalue weighted by molar-refractivity contribution is -0.117. The van der Waals surface area contributed by atoms with E-state index in [9.17, 15) is 14.7 Å². The van der Waals surface area contributed by atoms with E-state index in [4.69, 9.17) is 5.73 Å². The van der Waals surface area contributed by atoms with Crippen LogP contribution >= 0.6 is 11.3 Å². The zero-order valence-electron chi connectivity index (χ0n) is 8.36. The Morgan fingerprint density at radius 1 is 1.53 bits per heavy atom. The van der Waals surface area contributed by atoms with Gasteiger partial charge in [0.1, 0.15) is 10.6 Å². The summed E-state index contributed by atoms with van der Waals surface area (Å²) in [5.74, 6) is -1.13. The number of rotatable bonds is 3. The number of amides is 1. The molecule has 0 aliphatic rings. The van der Waals surface area contributed by atoms with E-state index in [-0.39, 0.29) is 12.2 Å². The number of thiophene rings is 1. The Morgan fingerprint density at radius 3 is 2.60 bits per heavy atom. The van der Waals surface area contributed by atoms with Crippen molar-refractivity contribution in [2.24, 2.45) is 5.73 Å². The van der Waals surface area contributed by atoms with Crippen LogP contribution in [0.2, 0.25) is 0 Å². The summed E-state index contributed by atoms with van der Waals surface area (Å²) < 4.78 is 4.53. The van der Waals surface area contributed by atoms with Crippen molar-refractivity contribution in [3.8, 4) is 5.75 Å². The Hall–Kier alpha value is -1.56. The lowest BCUT2D eigenvalue weighted by Gasteiger charge is -1.95. The number of ether oxygens (including phenoxy) is 1. The lowest BCUT2D eigenvalue weighted by atomic mass is 10.2. The van der Waals surface area contributed by atoms with Gasteiger partial charge in [0.05, 0.1) is 18.4 Å². The molecule has 0 saturated heterocycles. The van der Waals surface area contributed by atoms with E-state index in [1.54, 1.807) is 6.92 Å². The summed E-state index contributed by atoms with van der Waals surface area (Å²) in [4.78, 5) is 22.6. The van der Waals surface area contributed by atoms with Crippen molar-refractivity contribution in [1.29, 1.82) is 0 Å². The molecule has 0 radical (unpaired) electrons. The lowest BCUT2D eigenvalue weighted by Crippen LogP contribution is -2.12. The van der Waals surface area contributed by atoms with Gasteiger partial charge in [-0.15, -0.1) is 11.3 Å². The Kier molecular flexibility index (Phi) is 3.31. The van der Waals surface area contributed by atoms with Crippen LogP contribution in [0.25, 0.3) is 0 Å². The highest BCUT2D eigenvalue weighted by atomic mass is 32.1. The van der Waals surface area contributed by atoms with Gasteiger partial charge >= 0.3 is 5.97 Å². The highest BCUT2D eigenvalue weighted by Gasteiger charge is 2.20. The largest absolute Gasteiger partial charge is 0.506 e. The minimum Gasteiger partial charge on any atom is -0.506 e. The first-order valence-electron chi connectivity index (χ1n) is 4.15. The van der Waals surface area contributed by atoms with Crippen LogP contribution in [0.3, 0.4) is 0 Å². The summed E-state index contributed by atoms with van der Waals surface area (Å²) in [6.45, 7) is 1.59. The van der Waals surface area contributed by atoms with E-state index < -0.39 is 11.9 Å². The van der Waals surface area contributed by atoms with Crippen molar-refractivity contribution in [3.05, 3.63) is 15.3 Å². The summed E-state index contributed by atoms with van der Waals surface area (Å²) in [6, 6.07) is 0. The average Bonchev–Trinajstić information content (AvgIpc) is 2.44. The van der Waals surface area contributed by atoms with Gasteiger partial charge in [0, 0.05) is 5.56 Å². The molecule has 0 spiro atoms. The first-order valence-corrected chi connectivity index (χ1v) is 4.96. The van der Waals surface area contributed by atoms with Gasteiger partial charge < -0.3 is 15.6 Å². The Morgan fingerprint density at radius 2 is 2.13 bits per heavy atom. The van der Waals surface area contributed by atoms with Crippen molar-refractivity contribution in [1.82, 2.24) is 0 Å². The fourth-order valence-corrected chi connectivity index (χ4v) is 2.26. The Labute approximate surface area is 90.5 Å². The number of aromatic hydroxyl groups is 1. The number of hydrogen-bond donors (Lipinski definition) is 2. The second-order valence-electron chi connectivity index (χ2n) is 2.96. The van der Waals surface area contributed by atoms with Crippen LogP contribution in [-0.2, 0) is 16.0 Å². The number of methoxy groups -OCH3 is 1. The predicted octanol–water partition coefficient (Wildman–Crippen LogP) is 0.577. The van der Waals surface area contributed by atoms with Gasteiger partial charge in [-0.3, -0.25) is 4.79 Å². The Bertz CT molecular complexity index is 410. The summed E-state index contributed by atoms with van der Waals surface area (Å²) in [7, 11) is 1.26. The van der Waals surface area contributed by atoms with Gasteiger partial charge in [0.25, 0.3) is 0 Å². The van der Waals surface area contributed by atoms with Crippen molar-refractivity contribution in [3.63, 3.8) is 0 Å². The molecule has 15 heavy (non-hydrogen) atoms. The third kappa shape index (κ3) is 2.27. The molecule has 6 heteroatoms. The van der Waals surface area contributed by atoms with Gasteiger partial charge in [-0.05, 0) is 6.92 Å². The molecule has 0 unspecified atom stereocenters. The van der Waals surface area contributed by atoms with E-state index >= 15 is 0 Å². The quantitative estimate of drug-likeness (QED) is 0.742. The van der Waals surface area contributed by atoms with Crippen LogP contribution in [-0.4, -0.2) is 24.1 Å². The van der Waals surface area contributed by atoms with Crippen LogP contribution in [0.1, 0.15) is 20.1 Å². The second-order valence-corrected chi connectivity index (χ2v) is 4.07. The Balaban J connectivity index is 3.12. The van der Waals surface area contributed by atoms with E-state index in [1.165, 1.54) is 7.11 Å². The minimum atomic E-state index is -0.553. The summed E-state index contributed by atoms with van der Waals surface area (Å²) in [5.41, 5.74) is 5.42. The molecule has 1 rings (SSSR count). The predicted molar refractivity (Wildman–Crippen MR) is 55.0 cm³/mol. The van der Waals surface area contributed by atoms with Gasteiger partial charge in [-0.1, -0.05) is 0 Å². The molecule has 0 aromatic carbocycles. The molecule has 1 aromatic rings. The van der Waals surface area contributed by atoms with Gasteiger partial charge in [-0.25, -0.2) is 4.79 Å². The zero-order valence-corrected chi connectivity index (χ0v) is 9.18. The fourth-order valence-electron chi connectivity index (χ4n) is 1.13. The number of carbonyl (C=O) groups excluding carboxylic acids is 2. The molecular weight excluding hydrogens is 218 g/mol. The number of primary amides is 1. The molecule has 3 N–H and O–H groups in total. The van der Waals surface area contributed by atoms with Crippen LogP contribution in [0, 0.1) is 6.92 Å². The molecule has 0 saturated carbocycles. The highest BCUT2D eigenvalue weighted by Crippen LogP contribution is 2.34. The summed E-state index contributed by atoms with van der Waals surface area (Å²) >= 11 is 1.02. The molecule has 0 aliphatic heterocycles. The SMILES string of the molecule is COC(=O)c1sc(CC(N)=O)c(O)c1C. The van der Waals surface area contributed by atoms with E-state index in [0.29, 0.717) is 15.3 Å². The maximum absolute atomic E-state index is 11.2. The van der Waals surface area contributed by atoms with Crippen LogP contribution in [0.5, 0.6) is 5.75 Å². The molecular formula is C9H11NO4S. The third-order valence-corrected chi connectivity index (χ3v) is 3.15. The summed E-state index contributed by atoms with van der Waals surface area (Å²) in [6.07, 6.45) is -0.0751. The standard InChI is InChI=1S/C9H11NO4S/c1-4-7(12)5(3-6(10)11)15-8(4)9(13)14-2/h12H,3H2,1-2H3,(H2,10,11). The van der Waals surface area contributed by atoms with Gasteiger partial charge in [0.2, 0.25) is 5.91 Å². The molecule has 1 heterocycles. The van der Waals surface area contributed by atoms with Gasteiger partial charge in [-0.2, -0.15) is 0 Å². The third-order valence-electron chi connectivity index (χ3n) is 1.89. The van der Waals surface area contributed by atoms with Crippen LogP contribution < -0.4 is 5.73 Å². The molecule has 5 nitrogen and oxygen atoms in total. The smallest absolute Gasteiger partial charge is 0.348 e. The first-order chi connectivity index (χ1) is 6.97. The molecule has 0 fully saturated rings. The molecule has 0 atom stereocenters. The topological polar surface area (TPSA) is 89.6 Å². The van der Waals surface area contributed by atoms with Crippen molar-refractivity contribution in [2.75, 3.05) is 7.11 Å². The van der Waals surface area contributed by atoms with Crippen molar-refractivity contribution in [2.45, 2.75) is 13.3 Å². The van der Waals surface area contributed by atoms with Gasteiger partial charge in [0.15, 0.2) is 0 Å². The maximum Gasteiger partial charge on any atom is 0.348 e. The average molecular weight is 229 g/mol. The second kappa shape index (κ2) is 4.31. The number of esters is 1. The monoisotopic (exact) mass is 229 g/mol.